The maximum absolute atomic E-state index is 11.6. The Balaban J connectivity index is 1.82. The van der Waals surface area contributed by atoms with E-state index in [0.717, 1.165) is 26.1 Å². The van der Waals surface area contributed by atoms with Gasteiger partial charge in [0, 0.05) is 19.0 Å². The van der Waals surface area contributed by atoms with Gasteiger partial charge in [0.2, 0.25) is 0 Å². The molecule has 17 heavy (non-hydrogen) atoms. The molecule has 2 aliphatic rings. The second kappa shape index (κ2) is 5.83. The third-order valence-electron chi connectivity index (χ3n) is 3.71. The highest BCUT2D eigenvalue weighted by atomic mass is 16.5. The molecule has 0 aromatic carbocycles. The molecule has 2 heterocycles. The van der Waals surface area contributed by atoms with E-state index >= 15 is 0 Å². The highest BCUT2D eigenvalue weighted by Crippen LogP contribution is 2.22. The van der Waals surface area contributed by atoms with Crippen LogP contribution in [0.2, 0.25) is 0 Å². The molecule has 2 unspecified atom stereocenters. The Bertz CT molecular complexity index is 268. The molecule has 0 amide bonds. The van der Waals surface area contributed by atoms with Crippen LogP contribution in [0.3, 0.4) is 0 Å². The van der Waals surface area contributed by atoms with E-state index < -0.39 is 0 Å². The van der Waals surface area contributed by atoms with E-state index in [1.54, 1.807) is 0 Å². The van der Waals surface area contributed by atoms with Crippen LogP contribution in [-0.4, -0.2) is 49.2 Å². The number of likely N-dealkylation sites (tertiary alicyclic amines) is 1. The second-order valence-corrected chi connectivity index (χ2v) is 5.54. The highest BCUT2D eigenvalue weighted by molar-refractivity contribution is 5.77. The molecule has 4 nitrogen and oxygen atoms in total. The molecular weight excluding hydrogens is 216 g/mol. The normalized spacial score (nSPS) is 30.9. The predicted octanol–water partition coefficient (Wildman–Crippen LogP) is 1.01. The van der Waals surface area contributed by atoms with E-state index in [9.17, 15) is 4.79 Å². The third kappa shape index (κ3) is 3.42. The molecule has 0 radical (unpaired) electrons. The third-order valence-corrected chi connectivity index (χ3v) is 3.71. The predicted molar refractivity (Wildman–Crippen MR) is 66.8 cm³/mol. The monoisotopic (exact) mass is 240 g/mol. The van der Waals surface area contributed by atoms with Gasteiger partial charge in [0.25, 0.3) is 0 Å². The first kappa shape index (κ1) is 12.8. The highest BCUT2D eigenvalue weighted by Gasteiger charge is 2.34. The molecule has 2 saturated heterocycles. The smallest absolute Gasteiger partial charge is 0.323 e. The van der Waals surface area contributed by atoms with Crippen molar-refractivity contribution in [2.45, 2.75) is 45.2 Å². The van der Waals surface area contributed by atoms with Gasteiger partial charge in [-0.2, -0.15) is 0 Å². The average Bonchev–Trinajstić information content (AvgIpc) is 2.73. The maximum atomic E-state index is 11.6. The zero-order chi connectivity index (χ0) is 12.3. The Morgan fingerprint density at radius 1 is 1.47 bits per heavy atom. The Kier molecular flexibility index (Phi) is 4.40. The molecule has 4 heteroatoms. The van der Waals surface area contributed by atoms with Crippen molar-refractivity contribution in [1.82, 2.24) is 10.2 Å². The molecule has 2 rings (SSSR count). The van der Waals surface area contributed by atoms with Crippen LogP contribution >= 0.6 is 0 Å². The lowest BCUT2D eigenvalue weighted by Crippen LogP contribution is -2.47. The van der Waals surface area contributed by atoms with Crippen molar-refractivity contribution < 1.29 is 9.53 Å². The number of ether oxygens (including phenoxy) is 1. The van der Waals surface area contributed by atoms with E-state index in [0.29, 0.717) is 18.6 Å². The van der Waals surface area contributed by atoms with Gasteiger partial charge in [-0.3, -0.25) is 9.69 Å². The van der Waals surface area contributed by atoms with Crippen molar-refractivity contribution in [3.8, 4) is 0 Å². The van der Waals surface area contributed by atoms with Crippen LogP contribution < -0.4 is 5.32 Å². The van der Waals surface area contributed by atoms with Crippen molar-refractivity contribution in [1.29, 1.82) is 0 Å². The van der Waals surface area contributed by atoms with Crippen molar-refractivity contribution in [2.24, 2.45) is 5.92 Å². The number of esters is 1. The topological polar surface area (TPSA) is 41.6 Å². The quantitative estimate of drug-likeness (QED) is 0.745. The summed E-state index contributed by atoms with van der Waals surface area (Å²) in [6.07, 6.45) is 3.36. The number of carbonyl (C=O) groups is 1. The summed E-state index contributed by atoms with van der Waals surface area (Å²) >= 11 is 0. The number of cyclic esters (lactones) is 1. The van der Waals surface area contributed by atoms with Gasteiger partial charge in [0.15, 0.2) is 0 Å². The minimum Gasteiger partial charge on any atom is -0.464 e. The van der Waals surface area contributed by atoms with E-state index in [1.165, 1.54) is 12.8 Å². The number of piperidine rings is 1. The molecule has 2 atom stereocenters. The molecule has 0 bridgehead atoms. The minimum atomic E-state index is -0.0116. The molecular formula is C13H24N2O2. The standard InChI is InChI=1S/C13H24N2O2/c1-10(2)14-8-11-4-3-6-15(9-11)12-5-7-17-13(12)16/h10-12,14H,3-9H2,1-2H3. The van der Waals surface area contributed by atoms with Crippen molar-refractivity contribution >= 4 is 5.97 Å². The summed E-state index contributed by atoms with van der Waals surface area (Å²) in [5, 5.41) is 3.49. The second-order valence-electron chi connectivity index (χ2n) is 5.54. The molecule has 2 aliphatic heterocycles. The zero-order valence-electron chi connectivity index (χ0n) is 10.9. The summed E-state index contributed by atoms with van der Waals surface area (Å²) in [7, 11) is 0. The Hall–Kier alpha value is -0.610. The summed E-state index contributed by atoms with van der Waals surface area (Å²) in [6, 6.07) is 0.582. The van der Waals surface area contributed by atoms with Gasteiger partial charge < -0.3 is 10.1 Å². The Labute approximate surface area is 104 Å². The van der Waals surface area contributed by atoms with Crippen molar-refractivity contribution in [3.05, 3.63) is 0 Å². The van der Waals surface area contributed by atoms with Crippen LogP contribution in [0, 0.1) is 5.92 Å². The summed E-state index contributed by atoms with van der Waals surface area (Å²) in [5.74, 6) is 0.669. The zero-order valence-corrected chi connectivity index (χ0v) is 10.9. The fourth-order valence-electron chi connectivity index (χ4n) is 2.77. The fourth-order valence-corrected chi connectivity index (χ4v) is 2.77. The van der Waals surface area contributed by atoms with Crippen LogP contribution in [0.4, 0.5) is 0 Å². The SMILES string of the molecule is CC(C)NCC1CCCN(C2CCOC2=O)C1. The van der Waals surface area contributed by atoms with Gasteiger partial charge >= 0.3 is 5.97 Å². The maximum Gasteiger partial charge on any atom is 0.323 e. The molecule has 0 spiro atoms. The molecule has 98 valence electrons. The van der Waals surface area contributed by atoms with Gasteiger partial charge in [-0.05, 0) is 31.8 Å². The van der Waals surface area contributed by atoms with Crippen LogP contribution in [0.5, 0.6) is 0 Å². The minimum absolute atomic E-state index is 0.0116. The first-order valence-corrected chi connectivity index (χ1v) is 6.81. The number of carbonyl (C=O) groups excluding carboxylic acids is 1. The largest absolute Gasteiger partial charge is 0.464 e. The average molecular weight is 240 g/mol. The molecule has 1 N–H and O–H groups in total. The van der Waals surface area contributed by atoms with E-state index in [-0.39, 0.29) is 12.0 Å². The lowest BCUT2D eigenvalue weighted by Gasteiger charge is -2.35. The summed E-state index contributed by atoms with van der Waals surface area (Å²) in [6.45, 7) is 8.12. The number of hydrogen-bond donors (Lipinski definition) is 1. The molecule has 0 aromatic rings. The molecule has 0 aliphatic carbocycles. The summed E-state index contributed by atoms with van der Waals surface area (Å²) < 4.78 is 5.06. The first-order chi connectivity index (χ1) is 8.16. The molecule has 0 aromatic heterocycles. The van der Waals surface area contributed by atoms with Gasteiger partial charge in [0.05, 0.1) is 6.61 Å². The number of rotatable bonds is 4. The Morgan fingerprint density at radius 3 is 2.94 bits per heavy atom. The van der Waals surface area contributed by atoms with Gasteiger partial charge in [0.1, 0.15) is 6.04 Å². The lowest BCUT2D eigenvalue weighted by atomic mass is 9.96. The van der Waals surface area contributed by atoms with E-state index in [2.05, 4.69) is 24.1 Å². The molecule has 2 fully saturated rings. The van der Waals surface area contributed by atoms with Crippen LogP contribution in [0.25, 0.3) is 0 Å². The number of nitrogens with zero attached hydrogens (tertiary/aromatic N) is 1. The summed E-state index contributed by atoms with van der Waals surface area (Å²) in [5.41, 5.74) is 0. The van der Waals surface area contributed by atoms with Crippen LogP contribution in [0.15, 0.2) is 0 Å². The Morgan fingerprint density at radius 2 is 2.29 bits per heavy atom. The van der Waals surface area contributed by atoms with Crippen molar-refractivity contribution in [2.75, 3.05) is 26.2 Å². The van der Waals surface area contributed by atoms with E-state index in [4.69, 9.17) is 4.74 Å². The van der Waals surface area contributed by atoms with Gasteiger partial charge in [-0.15, -0.1) is 0 Å². The van der Waals surface area contributed by atoms with E-state index in [1.807, 2.05) is 0 Å². The first-order valence-electron chi connectivity index (χ1n) is 6.81. The van der Waals surface area contributed by atoms with Crippen LogP contribution in [-0.2, 0) is 9.53 Å². The van der Waals surface area contributed by atoms with Crippen molar-refractivity contribution in [3.63, 3.8) is 0 Å². The fraction of sp³-hybridized carbons (Fsp3) is 0.923. The molecule has 0 saturated carbocycles. The van der Waals surface area contributed by atoms with Gasteiger partial charge in [-0.1, -0.05) is 13.8 Å². The summed E-state index contributed by atoms with van der Waals surface area (Å²) in [4.78, 5) is 13.9. The van der Waals surface area contributed by atoms with Crippen LogP contribution in [0.1, 0.15) is 33.1 Å². The number of nitrogens with one attached hydrogen (secondary N) is 1. The van der Waals surface area contributed by atoms with Gasteiger partial charge in [-0.25, -0.2) is 0 Å². The number of hydrogen-bond acceptors (Lipinski definition) is 4. The lowest BCUT2D eigenvalue weighted by molar-refractivity contribution is -0.142.